The van der Waals surface area contributed by atoms with Crippen LogP contribution in [0.5, 0.6) is 0 Å². The fourth-order valence-corrected chi connectivity index (χ4v) is 1.51. The van der Waals surface area contributed by atoms with Gasteiger partial charge >= 0.3 is 0 Å². The Kier molecular flexibility index (Phi) is 2.69. The predicted molar refractivity (Wildman–Crippen MR) is 44.1 cm³/mol. The Labute approximate surface area is 63.4 Å². The van der Waals surface area contributed by atoms with Gasteiger partial charge < -0.3 is 10.6 Å². The van der Waals surface area contributed by atoms with Crippen LogP contribution in [0.2, 0.25) is 0 Å². The van der Waals surface area contributed by atoms with E-state index < -0.39 is 0 Å². The molecule has 2 nitrogen and oxygen atoms in total. The zero-order valence-corrected chi connectivity index (χ0v) is 7.15. The van der Waals surface area contributed by atoms with Crippen LogP contribution in [0.4, 0.5) is 0 Å². The average molecular weight is 142 g/mol. The largest absolute Gasteiger partial charge is 0.313 e. The molecule has 10 heavy (non-hydrogen) atoms. The average Bonchev–Trinajstić information content (AvgIpc) is 2.15. The van der Waals surface area contributed by atoms with E-state index in [1.807, 2.05) is 0 Å². The van der Waals surface area contributed by atoms with Crippen molar-refractivity contribution in [3.63, 3.8) is 0 Å². The van der Waals surface area contributed by atoms with Crippen LogP contribution in [0.25, 0.3) is 0 Å². The lowest BCUT2D eigenvalue weighted by molar-refractivity contribution is 0.433. The standard InChI is InChI=1S/C8H18N2/c1-6(2)10-8-4-5-9-7(8)3/h6-10H,4-5H2,1-3H3/t7-,8-/m0/s1. The summed E-state index contributed by atoms with van der Waals surface area (Å²) in [4.78, 5) is 0. The molecule has 0 aromatic carbocycles. The minimum absolute atomic E-state index is 0.618. The molecule has 1 saturated heterocycles. The fraction of sp³-hybridized carbons (Fsp3) is 1.00. The van der Waals surface area contributed by atoms with Crippen LogP contribution in [0.15, 0.2) is 0 Å². The Bertz CT molecular complexity index is 101. The Morgan fingerprint density at radius 3 is 2.60 bits per heavy atom. The van der Waals surface area contributed by atoms with Crippen LogP contribution >= 0.6 is 0 Å². The first-order valence-electron chi connectivity index (χ1n) is 4.19. The van der Waals surface area contributed by atoms with Gasteiger partial charge in [-0.05, 0) is 19.9 Å². The lowest BCUT2D eigenvalue weighted by atomic mass is 10.1. The third kappa shape index (κ3) is 1.96. The molecule has 60 valence electrons. The molecule has 2 N–H and O–H groups in total. The lowest BCUT2D eigenvalue weighted by Gasteiger charge is -2.19. The molecule has 1 aliphatic heterocycles. The Morgan fingerprint density at radius 2 is 2.20 bits per heavy atom. The van der Waals surface area contributed by atoms with Crippen molar-refractivity contribution < 1.29 is 0 Å². The molecule has 1 fully saturated rings. The van der Waals surface area contributed by atoms with Gasteiger partial charge in [0.15, 0.2) is 0 Å². The number of rotatable bonds is 2. The van der Waals surface area contributed by atoms with Crippen molar-refractivity contribution >= 4 is 0 Å². The first kappa shape index (κ1) is 8.02. The lowest BCUT2D eigenvalue weighted by Crippen LogP contribution is -2.41. The molecule has 0 radical (unpaired) electrons. The topological polar surface area (TPSA) is 24.1 Å². The van der Waals surface area contributed by atoms with Crippen LogP contribution in [0, 0.1) is 0 Å². The third-order valence-corrected chi connectivity index (χ3v) is 2.07. The second-order valence-corrected chi connectivity index (χ2v) is 3.46. The molecule has 2 heteroatoms. The van der Waals surface area contributed by atoms with Crippen molar-refractivity contribution in [2.45, 2.75) is 45.3 Å². The summed E-state index contributed by atoms with van der Waals surface area (Å²) in [5.74, 6) is 0. The SMILES string of the molecule is CC(C)N[C@H]1CCN[C@H]1C. The van der Waals surface area contributed by atoms with Gasteiger partial charge in [-0.1, -0.05) is 13.8 Å². The Balaban J connectivity index is 2.26. The summed E-state index contributed by atoms with van der Waals surface area (Å²) >= 11 is 0. The Morgan fingerprint density at radius 1 is 1.50 bits per heavy atom. The van der Waals surface area contributed by atoms with Gasteiger partial charge in [-0.2, -0.15) is 0 Å². The normalized spacial score (nSPS) is 33.6. The van der Waals surface area contributed by atoms with Gasteiger partial charge in [0.2, 0.25) is 0 Å². The molecule has 1 rings (SSSR count). The minimum Gasteiger partial charge on any atom is -0.313 e. The van der Waals surface area contributed by atoms with Crippen molar-refractivity contribution in [1.82, 2.24) is 10.6 Å². The van der Waals surface area contributed by atoms with Gasteiger partial charge in [-0.3, -0.25) is 0 Å². The van der Waals surface area contributed by atoms with Crippen LogP contribution in [-0.4, -0.2) is 24.7 Å². The van der Waals surface area contributed by atoms with Crippen molar-refractivity contribution in [3.05, 3.63) is 0 Å². The van der Waals surface area contributed by atoms with Gasteiger partial charge in [-0.15, -0.1) is 0 Å². The highest BCUT2D eigenvalue weighted by Crippen LogP contribution is 2.06. The summed E-state index contributed by atoms with van der Waals surface area (Å²) in [5.41, 5.74) is 0. The monoisotopic (exact) mass is 142 g/mol. The van der Waals surface area contributed by atoms with Crippen LogP contribution in [0.1, 0.15) is 27.2 Å². The van der Waals surface area contributed by atoms with E-state index in [1.54, 1.807) is 0 Å². The zero-order chi connectivity index (χ0) is 7.56. The molecule has 0 aromatic heterocycles. The molecule has 0 unspecified atom stereocenters. The predicted octanol–water partition coefficient (Wildman–Crippen LogP) is 0.735. The van der Waals surface area contributed by atoms with Crippen LogP contribution in [-0.2, 0) is 0 Å². The van der Waals surface area contributed by atoms with E-state index >= 15 is 0 Å². The summed E-state index contributed by atoms with van der Waals surface area (Å²) in [5, 5.41) is 6.94. The Hall–Kier alpha value is -0.0800. The smallest absolute Gasteiger partial charge is 0.0232 e. The highest BCUT2D eigenvalue weighted by Gasteiger charge is 2.22. The first-order chi connectivity index (χ1) is 4.70. The zero-order valence-electron chi connectivity index (χ0n) is 7.15. The maximum atomic E-state index is 3.53. The van der Waals surface area contributed by atoms with Crippen molar-refractivity contribution in [2.75, 3.05) is 6.54 Å². The van der Waals surface area contributed by atoms with Gasteiger partial charge in [0.05, 0.1) is 0 Å². The fourth-order valence-electron chi connectivity index (χ4n) is 1.51. The molecule has 0 aliphatic carbocycles. The molecule has 2 atom stereocenters. The maximum absolute atomic E-state index is 3.53. The van der Waals surface area contributed by atoms with E-state index in [1.165, 1.54) is 13.0 Å². The molecule has 0 amide bonds. The van der Waals surface area contributed by atoms with E-state index in [0.717, 1.165) is 0 Å². The summed E-state index contributed by atoms with van der Waals surface area (Å²) in [6.07, 6.45) is 1.28. The molecule has 0 saturated carbocycles. The van der Waals surface area contributed by atoms with Crippen molar-refractivity contribution in [3.8, 4) is 0 Å². The minimum atomic E-state index is 0.618. The van der Waals surface area contributed by atoms with Gasteiger partial charge in [0.1, 0.15) is 0 Å². The molecule has 0 spiro atoms. The van der Waals surface area contributed by atoms with E-state index in [-0.39, 0.29) is 0 Å². The molecule has 0 bridgehead atoms. The van der Waals surface area contributed by atoms with Gasteiger partial charge in [0.25, 0.3) is 0 Å². The summed E-state index contributed by atoms with van der Waals surface area (Å²) in [6, 6.07) is 1.97. The first-order valence-corrected chi connectivity index (χ1v) is 4.19. The van der Waals surface area contributed by atoms with E-state index in [4.69, 9.17) is 0 Å². The van der Waals surface area contributed by atoms with Crippen LogP contribution in [0.3, 0.4) is 0 Å². The summed E-state index contributed by atoms with van der Waals surface area (Å²) < 4.78 is 0. The number of hydrogen-bond donors (Lipinski definition) is 2. The highest BCUT2D eigenvalue weighted by molar-refractivity contribution is 4.86. The van der Waals surface area contributed by atoms with Crippen LogP contribution < -0.4 is 10.6 Å². The number of nitrogens with one attached hydrogen (secondary N) is 2. The van der Waals surface area contributed by atoms with E-state index in [2.05, 4.69) is 31.4 Å². The number of hydrogen-bond acceptors (Lipinski definition) is 2. The van der Waals surface area contributed by atoms with Crippen molar-refractivity contribution in [1.29, 1.82) is 0 Å². The summed E-state index contributed by atoms with van der Waals surface area (Å²) in [6.45, 7) is 7.81. The second kappa shape index (κ2) is 3.35. The third-order valence-electron chi connectivity index (χ3n) is 2.07. The quantitative estimate of drug-likeness (QED) is 0.594. The van der Waals surface area contributed by atoms with E-state index in [9.17, 15) is 0 Å². The molecular weight excluding hydrogens is 124 g/mol. The van der Waals surface area contributed by atoms with Gasteiger partial charge in [0, 0.05) is 18.1 Å². The molecule has 1 heterocycles. The van der Waals surface area contributed by atoms with Gasteiger partial charge in [-0.25, -0.2) is 0 Å². The summed E-state index contributed by atoms with van der Waals surface area (Å²) in [7, 11) is 0. The maximum Gasteiger partial charge on any atom is 0.0232 e. The van der Waals surface area contributed by atoms with Crippen molar-refractivity contribution in [2.24, 2.45) is 0 Å². The highest BCUT2D eigenvalue weighted by atomic mass is 15.1. The second-order valence-electron chi connectivity index (χ2n) is 3.46. The molecule has 1 aliphatic rings. The van der Waals surface area contributed by atoms with E-state index in [0.29, 0.717) is 18.1 Å². The molecular formula is C8H18N2. The molecule has 0 aromatic rings.